The Morgan fingerprint density at radius 1 is 1.50 bits per heavy atom. The van der Waals surface area contributed by atoms with Crippen LogP contribution in [0.25, 0.3) is 0 Å². The van der Waals surface area contributed by atoms with Gasteiger partial charge in [-0.2, -0.15) is 4.98 Å². The topological polar surface area (TPSA) is 68.5 Å². The fourth-order valence-corrected chi connectivity index (χ4v) is 1.50. The number of hydrogen-bond donors (Lipinski definition) is 0. The minimum atomic E-state index is -0.215. The quantitative estimate of drug-likeness (QED) is 0.683. The van der Waals surface area contributed by atoms with Gasteiger partial charge in [0, 0.05) is 13.0 Å². The Hall–Kier alpha value is -1.43. The number of carbonyl (C=O) groups excluding carboxylic acids is 1. The van der Waals surface area contributed by atoms with Crippen LogP contribution in [-0.4, -0.2) is 41.7 Å². The zero-order chi connectivity index (χ0) is 13.5. The Labute approximate surface area is 107 Å². The molecule has 0 N–H and O–H groups in total. The van der Waals surface area contributed by atoms with Crippen LogP contribution in [0.1, 0.15) is 32.0 Å². The fourth-order valence-electron chi connectivity index (χ4n) is 1.50. The van der Waals surface area contributed by atoms with Gasteiger partial charge in [-0.05, 0) is 13.0 Å². The van der Waals surface area contributed by atoms with Crippen molar-refractivity contribution in [3.8, 4) is 0 Å². The average molecular weight is 255 g/mol. The van der Waals surface area contributed by atoms with Crippen LogP contribution in [-0.2, 0) is 22.5 Å². The van der Waals surface area contributed by atoms with E-state index in [0.29, 0.717) is 31.3 Å². The van der Waals surface area contributed by atoms with E-state index in [-0.39, 0.29) is 5.97 Å². The lowest BCUT2D eigenvalue weighted by Crippen LogP contribution is -2.22. The van der Waals surface area contributed by atoms with Crippen LogP contribution >= 0.6 is 0 Å². The Bertz CT molecular complexity index is 376. The van der Waals surface area contributed by atoms with E-state index in [4.69, 9.17) is 4.52 Å². The van der Waals surface area contributed by atoms with Crippen LogP contribution in [0.5, 0.6) is 0 Å². The number of aromatic nitrogens is 2. The molecule has 1 rings (SSSR count). The molecule has 0 amide bonds. The predicted molar refractivity (Wildman–Crippen MR) is 65.8 cm³/mol. The van der Waals surface area contributed by atoms with Crippen molar-refractivity contribution in [3.63, 3.8) is 0 Å². The molecule has 0 atom stereocenters. The van der Waals surface area contributed by atoms with Gasteiger partial charge in [0.25, 0.3) is 0 Å². The van der Waals surface area contributed by atoms with E-state index in [1.807, 2.05) is 11.9 Å². The summed E-state index contributed by atoms with van der Waals surface area (Å²) in [7, 11) is 3.29. The van der Waals surface area contributed by atoms with E-state index < -0.39 is 0 Å². The Kier molecular flexibility index (Phi) is 5.77. The summed E-state index contributed by atoms with van der Waals surface area (Å²) in [6, 6.07) is 0. The summed E-state index contributed by atoms with van der Waals surface area (Å²) in [4.78, 5) is 17.2. The van der Waals surface area contributed by atoms with Gasteiger partial charge in [0.15, 0.2) is 5.82 Å². The second-order valence-corrected chi connectivity index (χ2v) is 4.77. The molecule has 0 aliphatic rings. The molecule has 0 bridgehead atoms. The molecular weight excluding hydrogens is 234 g/mol. The minimum absolute atomic E-state index is 0.215. The van der Waals surface area contributed by atoms with Crippen LogP contribution in [0.4, 0.5) is 0 Å². The van der Waals surface area contributed by atoms with Crippen molar-refractivity contribution >= 4 is 5.97 Å². The third kappa shape index (κ3) is 5.27. The van der Waals surface area contributed by atoms with Gasteiger partial charge >= 0.3 is 5.97 Å². The number of hydrogen-bond acceptors (Lipinski definition) is 6. The highest BCUT2D eigenvalue weighted by atomic mass is 16.5. The lowest BCUT2D eigenvalue weighted by Gasteiger charge is -2.12. The molecule has 0 aliphatic heterocycles. The summed E-state index contributed by atoms with van der Waals surface area (Å²) in [5, 5.41) is 3.92. The lowest BCUT2D eigenvalue weighted by atomic mass is 10.1. The van der Waals surface area contributed by atoms with Crippen molar-refractivity contribution in [3.05, 3.63) is 11.7 Å². The lowest BCUT2D eigenvalue weighted by molar-refractivity contribution is -0.140. The summed E-state index contributed by atoms with van der Waals surface area (Å²) >= 11 is 0. The van der Waals surface area contributed by atoms with E-state index in [1.165, 1.54) is 7.11 Å². The van der Waals surface area contributed by atoms with Crippen molar-refractivity contribution in [2.45, 2.75) is 33.2 Å². The number of carbonyl (C=O) groups is 1. The van der Waals surface area contributed by atoms with Crippen molar-refractivity contribution in [1.29, 1.82) is 0 Å². The molecule has 0 radical (unpaired) electrons. The molecule has 6 heteroatoms. The second-order valence-electron chi connectivity index (χ2n) is 4.77. The molecule has 0 fully saturated rings. The molecule has 0 unspecified atom stereocenters. The largest absolute Gasteiger partial charge is 0.469 e. The molecule has 1 aromatic heterocycles. The van der Waals surface area contributed by atoms with Crippen molar-refractivity contribution < 1.29 is 14.1 Å². The van der Waals surface area contributed by atoms with Gasteiger partial charge in [-0.3, -0.25) is 9.69 Å². The van der Waals surface area contributed by atoms with Crippen molar-refractivity contribution in [1.82, 2.24) is 15.0 Å². The predicted octanol–water partition coefficient (Wildman–Crippen LogP) is 1.26. The molecule has 1 heterocycles. The van der Waals surface area contributed by atoms with Crippen LogP contribution in [0.3, 0.4) is 0 Å². The van der Waals surface area contributed by atoms with Crippen LogP contribution in [0.15, 0.2) is 4.52 Å². The molecule has 18 heavy (non-hydrogen) atoms. The smallest absolute Gasteiger partial charge is 0.306 e. The molecule has 0 aliphatic carbocycles. The Morgan fingerprint density at radius 2 is 2.22 bits per heavy atom. The molecule has 102 valence electrons. The first kappa shape index (κ1) is 14.6. The normalized spacial score (nSPS) is 11.2. The van der Waals surface area contributed by atoms with Crippen molar-refractivity contribution in [2.24, 2.45) is 5.92 Å². The van der Waals surface area contributed by atoms with Gasteiger partial charge in [-0.1, -0.05) is 19.0 Å². The zero-order valence-corrected chi connectivity index (χ0v) is 11.5. The first-order chi connectivity index (χ1) is 8.51. The maximum atomic E-state index is 11.0. The molecule has 0 saturated carbocycles. The van der Waals surface area contributed by atoms with Crippen LogP contribution in [0, 0.1) is 5.92 Å². The minimum Gasteiger partial charge on any atom is -0.469 e. The highest BCUT2D eigenvalue weighted by Gasteiger charge is 2.11. The Morgan fingerprint density at radius 3 is 2.83 bits per heavy atom. The summed E-state index contributed by atoms with van der Waals surface area (Å²) < 4.78 is 9.73. The molecule has 1 aromatic rings. The maximum Gasteiger partial charge on any atom is 0.306 e. The number of esters is 1. The van der Waals surface area contributed by atoms with Crippen LogP contribution in [0.2, 0.25) is 0 Å². The fraction of sp³-hybridized carbons (Fsp3) is 0.750. The van der Waals surface area contributed by atoms with E-state index in [1.54, 1.807) is 0 Å². The molecule has 6 nitrogen and oxygen atoms in total. The third-order valence-corrected chi connectivity index (χ3v) is 2.43. The zero-order valence-electron chi connectivity index (χ0n) is 11.5. The SMILES string of the molecule is COC(=O)CCN(C)Cc1nc(CC(C)C)no1. The number of rotatable bonds is 7. The van der Waals surface area contributed by atoms with Crippen LogP contribution < -0.4 is 0 Å². The molecule has 0 spiro atoms. The van der Waals surface area contributed by atoms with Gasteiger partial charge < -0.3 is 9.26 Å². The van der Waals surface area contributed by atoms with E-state index in [2.05, 4.69) is 28.7 Å². The summed E-state index contributed by atoms with van der Waals surface area (Å²) in [5.74, 6) is 1.61. The number of ether oxygens (including phenoxy) is 1. The van der Waals surface area contributed by atoms with E-state index in [9.17, 15) is 4.79 Å². The number of methoxy groups -OCH3 is 1. The third-order valence-electron chi connectivity index (χ3n) is 2.43. The second kappa shape index (κ2) is 7.10. The molecule has 0 aromatic carbocycles. The number of nitrogens with zero attached hydrogens (tertiary/aromatic N) is 3. The van der Waals surface area contributed by atoms with Gasteiger partial charge in [0.2, 0.25) is 5.89 Å². The summed E-state index contributed by atoms with van der Waals surface area (Å²) in [6.45, 7) is 5.37. The molecular formula is C12H21N3O3. The summed E-state index contributed by atoms with van der Waals surface area (Å²) in [6.07, 6.45) is 1.18. The average Bonchev–Trinajstić information content (AvgIpc) is 2.72. The highest BCUT2D eigenvalue weighted by molar-refractivity contribution is 5.69. The first-order valence-corrected chi connectivity index (χ1v) is 6.08. The van der Waals surface area contributed by atoms with Crippen molar-refractivity contribution in [2.75, 3.05) is 20.7 Å². The monoisotopic (exact) mass is 255 g/mol. The van der Waals surface area contributed by atoms with Gasteiger partial charge in [-0.15, -0.1) is 0 Å². The van der Waals surface area contributed by atoms with Gasteiger partial charge in [0.05, 0.1) is 20.1 Å². The maximum absolute atomic E-state index is 11.0. The van der Waals surface area contributed by atoms with Gasteiger partial charge in [0.1, 0.15) is 0 Å². The summed E-state index contributed by atoms with van der Waals surface area (Å²) in [5.41, 5.74) is 0. The van der Waals surface area contributed by atoms with Gasteiger partial charge in [-0.25, -0.2) is 0 Å². The first-order valence-electron chi connectivity index (χ1n) is 6.08. The standard InChI is InChI=1S/C12H21N3O3/c1-9(2)7-10-13-11(18-14-10)8-15(3)6-5-12(16)17-4/h9H,5-8H2,1-4H3. The molecule has 0 saturated heterocycles. The van der Waals surface area contributed by atoms with E-state index in [0.717, 1.165) is 12.2 Å². The highest BCUT2D eigenvalue weighted by Crippen LogP contribution is 2.06. The van der Waals surface area contributed by atoms with E-state index >= 15 is 0 Å². The Balaban J connectivity index is 2.37.